The van der Waals surface area contributed by atoms with Gasteiger partial charge in [0.05, 0.1) is 11.9 Å². The lowest BCUT2D eigenvalue weighted by Gasteiger charge is -2.31. The first-order chi connectivity index (χ1) is 9.17. The molecular weight excluding hydrogens is 353 g/mol. The summed E-state index contributed by atoms with van der Waals surface area (Å²) in [7, 11) is 0. The van der Waals surface area contributed by atoms with Crippen LogP contribution in [0.3, 0.4) is 0 Å². The van der Waals surface area contributed by atoms with Gasteiger partial charge in [-0.15, -0.1) is 0 Å². The molecule has 1 aliphatic heterocycles. The van der Waals surface area contributed by atoms with E-state index in [1.165, 1.54) is 6.34 Å². The van der Waals surface area contributed by atoms with Crippen LogP contribution in [0.4, 0.5) is 11.4 Å². The van der Waals surface area contributed by atoms with E-state index >= 15 is 0 Å². The number of nitrogens with zero attached hydrogens (tertiary/aromatic N) is 1. The van der Waals surface area contributed by atoms with Crippen LogP contribution < -0.4 is 10.6 Å². The average molecular weight is 365 g/mol. The maximum absolute atomic E-state index is 10.7. The molecule has 0 saturated carbocycles. The molecule has 2 aromatic carbocycles. The summed E-state index contributed by atoms with van der Waals surface area (Å²) in [5.41, 5.74) is 2.38. The number of fused-ring (bicyclic) bond motifs is 1. The van der Waals surface area contributed by atoms with E-state index in [1.54, 1.807) is 0 Å². The number of anilines is 2. The maximum atomic E-state index is 10.7. The minimum Gasteiger partial charge on any atom is -0.349 e. The number of rotatable bonds is 2. The van der Waals surface area contributed by atoms with E-state index in [1.807, 2.05) is 48.5 Å². The van der Waals surface area contributed by atoms with Crippen LogP contribution in [0.25, 0.3) is 0 Å². The predicted molar refractivity (Wildman–Crippen MR) is 85.2 cm³/mol. The molecule has 0 radical (unpaired) electrons. The molecular formula is C14H12IN3O. The summed E-state index contributed by atoms with van der Waals surface area (Å²) >= 11 is 2.22. The van der Waals surface area contributed by atoms with Gasteiger partial charge in [0.15, 0.2) is 0 Å². The second kappa shape index (κ2) is 4.82. The smallest absolute Gasteiger partial charge is 0.265 e. The van der Waals surface area contributed by atoms with Gasteiger partial charge in [0, 0.05) is 14.9 Å². The van der Waals surface area contributed by atoms with E-state index in [4.69, 9.17) is 0 Å². The first kappa shape index (κ1) is 12.4. The SMILES string of the molecule is OC1(Nc2ccccc2)N=CNc2ccc(I)cc21. The molecule has 1 aliphatic rings. The molecule has 0 spiro atoms. The summed E-state index contributed by atoms with van der Waals surface area (Å²) in [5, 5.41) is 16.8. The number of para-hydroxylation sites is 1. The number of hydrogen-bond donors (Lipinski definition) is 3. The lowest BCUT2D eigenvalue weighted by atomic mass is 10.1. The Kier molecular flexibility index (Phi) is 3.16. The Morgan fingerprint density at radius 1 is 1.16 bits per heavy atom. The lowest BCUT2D eigenvalue weighted by molar-refractivity contribution is 0.0780. The molecule has 0 saturated heterocycles. The second-order valence-corrected chi connectivity index (χ2v) is 5.50. The highest BCUT2D eigenvalue weighted by atomic mass is 127. The zero-order valence-corrected chi connectivity index (χ0v) is 12.1. The quantitative estimate of drug-likeness (QED) is 0.567. The summed E-state index contributed by atoms with van der Waals surface area (Å²) in [5.74, 6) is -1.44. The van der Waals surface area contributed by atoms with Crippen LogP contribution in [-0.2, 0) is 5.85 Å². The van der Waals surface area contributed by atoms with Crippen LogP contribution in [0.5, 0.6) is 0 Å². The number of nitrogens with one attached hydrogen (secondary N) is 2. The van der Waals surface area contributed by atoms with Gasteiger partial charge >= 0.3 is 0 Å². The molecule has 0 bridgehead atoms. The molecule has 96 valence electrons. The third-order valence-corrected chi connectivity index (χ3v) is 3.59. The Hall–Kier alpha value is -1.60. The van der Waals surface area contributed by atoms with E-state index in [0.29, 0.717) is 5.56 Å². The first-order valence-corrected chi connectivity index (χ1v) is 6.91. The molecule has 0 aromatic heterocycles. The fourth-order valence-electron chi connectivity index (χ4n) is 2.02. The van der Waals surface area contributed by atoms with Crippen molar-refractivity contribution in [1.82, 2.24) is 0 Å². The van der Waals surface area contributed by atoms with E-state index in [-0.39, 0.29) is 0 Å². The second-order valence-electron chi connectivity index (χ2n) is 4.26. The topological polar surface area (TPSA) is 56.6 Å². The highest BCUT2D eigenvalue weighted by molar-refractivity contribution is 14.1. The van der Waals surface area contributed by atoms with Crippen molar-refractivity contribution in [2.24, 2.45) is 4.99 Å². The van der Waals surface area contributed by atoms with Crippen LogP contribution >= 0.6 is 22.6 Å². The predicted octanol–water partition coefficient (Wildman–Crippen LogP) is 2.96. The van der Waals surface area contributed by atoms with Crippen LogP contribution in [-0.4, -0.2) is 11.4 Å². The van der Waals surface area contributed by atoms with Gasteiger partial charge in [0.1, 0.15) is 0 Å². The monoisotopic (exact) mass is 365 g/mol. The van der Waals surface area contributed by atoms with Gasteiger partial charge in [-0.1, -0.05) is 18.2 Å². The highest BCUT2D eigenvalue weighted by Crippen LogP contribution is 2.34. The van der Waals surface area contributed by atoms with E-state index < -0.39 is 5.85 Å². The number of halogens is 1. The number of aliphatic hydroxyl groups is 1. The van der Waals surface area contributed by atoms with Crippen molar-refractivity contribution in [3.05, 3.63) is 57.7 Å². The highest BCUT2D eigenvalue weighted by Gasteiger charge is 2.33. The lowest BCUT2D eigenvalue weighted by Crippen LogP contribution is -2.36. The fraction of sp³-hybridized carbons (Fsp3) is 0.0714. The van der Waals surface area contributed by atoms with Gasteiger partial charge in [0.2, 0.25) is 0 Å². The van der Waals surface area contributed by atoms with Crippen LogP contribution in [0.2, 0.25) is 0 Å². The van der Waals surface area contributed by atoms with Crippen molar-refractivity contribution in [1.29, 1.82) is 0 Å². The van der Waals surface area contributed by atoms with E-state index in [0.717, 1.165) is 14.9 Å². The van der Waals surface area contributed by atoms with Crippen LogP contribution in [0.15, 0.2) is 53.5 Å². The minimum absolute atomic E-state index is 0.714. The molecule has 1 atom stereocenters. The summed E-state index contributed by atoms with van der Waals surface area (Å²) in [6, 6.07) is 15.4. The van der Waals surface area contributed by atoms with Crippen molar-refractivity contribution in [3.8, 4) is 0 Å². The number of aliphatic imine (C=N–C) groups is 1. The van der Waals surface area contributed by atoms with Gasteiger partial charge in [-0.3, -0.25) is 0 Å². The fourth-order valence-corrected chi connectivity index (χ4v) is 2.51. The van der Waals surface area contributed by atoms with Crippen molar-refractivity contribution < 1.29 is 5.11 Å². The Balaban J connectivity index is 2.02. The summed E-state index contributed by atoms with van der Waals surface area (Å²) in [6.07, 6.45) is 1.51. The van der Waals surface area contributed by atoms with E-state index in [2.05, 4.69) is 38.2 Å². The molecule has 3 rings (SSSR count). The Bertz CT molecular complexity index is 630. The van der Waals surface area contributed by atoms with Crippen molar-refractivity contribution in [3.63, 3.8) is 0 Å². The Labute approximate surface area is 124 Å². The van der Waals surface area contributed by atoms with Crippen molar-refractivity contribution in [2.75, 3.05) is 10.6 Å². The first-order valence-electron chi connectivity index (χ1n) is 5.83. The zero-order chi connectivity index (χ0) is 13.3. The van der Waals surface area contributed by atoms with Crippen LogP contribution in [0.1, 0.15) is 5.56 Å². The summed E-state index contributed by atoms with van der Waals surface area (Å²) in [6.45, 7) is 0. The standard InChI is InChI=1S/C14H12IN3O/c15-10-6-7-13-12(8-10)14(19,17-9-16-13)18-11-4-2-1-3-5-11/h1-9,18-19H,(H,16,17). The molecule has 0 aliphatic carbocycles. The number of hydrogen-bond acceptors (Lipinski definition) is 4. The average Bonchev–Trinajstić information content (AvgIpc) is 2.41. The van der Waals surface area contributed by atoms with Gasteiger partial charge in [-0.2, -0.15) is 0 Å². The molecule has 2 aromatic rings. The van der Waals surface area contributed by atoms with Gasteiger partial charge in [0.25, 0.3) is 5.85 Å². The van der Waals surface area contributed by atoms with Crippen molar-refractivity contribution >= 4 is 40.3 Å². The Morgan fingerprint density at radius 2 is 1.95 bits per heavy atom. The molecule has 19 heavy (non-hydrogen) atoms. The van der Waals surface area contributed by atoms with Crippen LogP contribution in [0, 0.1) is 3.57 Å². The third-order valence-electron chi connectivity index (χ3n) is 2.92. The zero-order valence-electron chi connectivity index (χ0n) is 9.97. The van der Waals surface area contributed by atoms with Gasteiger partial charge < -0.3 is 15.7 Å². The molecule has 0 fully saturated rings. The molecule has 3 N–H and O–H groups in total. The summed E-state index contributed by atoms with van der Waals surface area (Å²) in [4.78, 5) is 4.14. The molecule has 4 nitrogen and oxygen atoms in total. The van der Waals surface area contributed by atoms with E-state index in [9.17, 15) is 5.11 Å². The molecule has 1 unspecified atom stereocenters. The molecule has 0 amide bonds. The maximum Gasteiger partial charge on any atom is 0.265 e. The summed E-state index contributed by atoms with van der Waals surface area (Å²) < 4.78 is 1.04. The third kappa shape index (κ3) is 2.43. The largest absolute Gasteiger partial charge is 0.349 e. The van der Waals surface area contributed by atoms with Gasteiger partial charge in [-0.05, 0) is 52.9 Å². The minimum atomic E-state index is -1.44. The number of benzene rings is 2. The Morgan fingerprint density at radius 3 is 2.74 bits per heavy atom. The normalized spacial score (nSPS) is 20.5. The van der Waals surface area contributed by atoms with Crippen molar-refractivity contribution in [2.45, 2.75) is 5.85 Å². The molecule has 1 heterocycles. The molecule has 5 heteroatoms. The van der Waals surface area contributed by atoms with Gasteiger partial charge in [-0.25, -0.2) is 4.99 Å².